The van der Waals surface area contributed by atoms with Gasteiger partial charge in [-0.05, 0) is 29.8 Å². The number of benzene rings is 2. The molecule has 0 atom stereocenters. The Kier molecular flexibility index (Phi) is 4.15. The number of thiocarbonyl (C=S) groups is 1. The summed E-state index contributed by atoms with van der Waals surface area (Å²) >= 11 is 6.31. The number of nitrogens with one attached hydrogen (secondary N) is 1. The minimum atomic E-state index is -0.244. The third kappa shape index (κ3) is 3.23. The number of carbonyl (C=O) groups excluding carboxylic acids is 1. The minimum Gasteiger partial charge on any atom is -0.342 e. The third-order valence-electron chi connectivity index (χ3n) is 4.01. The second-order valence-corrected chi connectivity index (χ2v) is 7.43. The number of halogens is 1. The van der Waals surface area contributed by atoms with E-state index >= 15 is 0 Å². The summed E-state index contributed by atoms with van der Waals surface area (Å²) in [6.07, 6.45) is 3.87. The largest absolute Gasteiger partial charge is 0.342 e. The standard InChI is InChI=1S/C19H13FN2OS2/c20-14-7-5-12(6-8-14)10-22-11-13(15-3-1-2-4-16(15)22)9-17-18(23)21-19(24)25-17/h1-9,11H,10H2,(H,21,23,24)/b17-9+. The highest BCUT2D eigenvalue weighted by Gasteiger charge is 2.22. The van der Waals surface area contributed by atoms with Gasteiger partial charge in [-0.1, -0.05) is 54.3 Å². The number of thioether (sulfide) groups is 1. The smallest absolute Gasteiger partial charge is 0.263 e. The van der Waals surface area contributed by atoms with Gasteiger partial charge in [0, 0.05) is 29.2 Å². The maximum atomic E-state index is 13.1. The molecule has 4 rings (SSSR count). The summed E-state index contributed by atoms with van der Waals surface area (Å²) in [5, 5.41) is 3.69. The Labute approximate surface area is 153 Å². The molecular formula is C19H13FN2OS2. The fraction of sp³-hybridized carbons (Fsp3) is 0.0526. The van der Waals surface area contributed by atoms with E-state index in [0.717, 1.165) is 22.0 Å². The van der Waals surface area contributed by atoms with E-state index in [1.807, 2.05) is 36.5 Å². The van der Waals surface area contributed by atoms with E-state index in [-0.39, 0.29) is 11.7 Å². The first-order valence-corrected chi connectivity index (χ1v) is 8.90. The lowest BCUT2D eigenvalue weighted by Crippen LogP contribution is -2.17. The Hall–Kier alpha value is -2.44. The van der Waals surface area contributed by atoms with Gasteiger partial charge < -0.3 is 9.88 Å². The average molecular weight is 368 g/mol. The van der Waals surface area contributed by atoms with Crippen LogP contribution >= 0.6 is 24.0 Å². The zero-order valence-corrected chi connectivity index (χ0v) is 14.7. The molecule has 2 aromatic carbocycles. The maximum absolute atomic E-state index is 13.1. The van der Waals surface area contributed by atoms with Crippen LogP contribution in [0.4, 0.5) is 4.39 Å². The summed E-state index contributed by atoms with van der Waals surface area (Å²) in [6.45, 7) is 0.627. The summed E-state index contributed by atoms with van der Waals surface area (Å²) in [6, 6.07) is 14.5. The average Bonchev–Trinajstić information content (AvgIpc) is 3.10. The Morgan fingerprint density at radius 2 is 1.92 bits per heavy atom. The normalized spacial score (nSPS) is 16.0. The van der Waals surface area contributed by atoms with Crippen molar-refractivity contribution in [3.8, 4) is 0 Å². The summed E-state index contributed by atoms with van der Waals surface area (Å²) in [5.74, 6) is -0.405. The number of carbonyl (C=O) groups is 1. The molecule has 1 N–H and O–H groups in total. The van der Waals surface area contributed by atoms with E-state index < -0.39 is 0 Å². The highest BCUT2D eigenvalue weighted by atomic mass is 32.2. The van der Waals surface area contributed by atoms with Crippen molar-refractivity contribution in [2.75, 3.05) is 0 Å². The summed E-state index contributed by atoms with van der Waals surface area (Å²) in [4.78, 5) is 12.5. The molecule has 3 nitrogen and oxygen atoms in total. The third-order valence-corrected chi connectivity index (χ3v) is 5.18. The van der Waals surface area contributed by atoms with Gasteiger partial charge in [-0.15, -0.1) is 0 Å². The van der Waals surface area contributed by atoms with Crippen molar-refractivity contribution in [2.45, 2.75) is 6.54 Å². The van der Waals surface area contributed by atoms with Crippen LogP contribution < -0.4 is 5.32 Å². The first kappa shape index (κ1) is 16.1. The minimum absolute atomic E-state index is 0.162. The van der Waals surface area contributed by atoms with Gasteiger partial charge in [0.1, 0.15) is 10.1 Å². The number of amides is 1. The van der Waals surface area contributed by atoms with Crippen LogP contribution in [0.3, 0.4) is 0 Å². The zero-order chi connectivity index (χ0) is 17.4. The van der Waals surface area contributed by atoms with Crippen LogP contribution in [0.15, 0.2) is 59.6 Å². The molecule has 1 aliphatic heterocycles. The maximum Gasteiger partial charge on any atom is 0.263 e. The van der Waals surface area contributed by atoms with Crippen LogP contribution in [0.2, 0.25) is 0 Å². The van der Waals surface area contributed by atoms with Crippen molar-refractivity contribution in [2.24, 2.45) is 0 Å². The molecule has 1 aromatic heterocycles. The highest BCUT2D eigenvalue weighted by molar-refractivity contribution is 8.26. The molecule has 6 heteroatoms. The Bertz CT molecular complexity index is 1020. The summed E-state index contributed by atoms with van der Waals surface area (Å²) < 4.78 is 15.7. The molecular weight excluding hydrogens is 355 g/mol. The van der Waals surface area contributed by atoms with Gasteiger partial charge in [0.2, 0.25) is 0 Å². The van der Waals surface area contributed by atoms with Crippen molar-refractivity contribution < 1.29 is 9.18 Å². The van der Waals surface area contributed by atoms with E-state index in [0.29, 0.717) is 15.8 Å². The lowest BCUT2D eigenvalue weighted by atomic mass is 10.1. The number of nitrogens with zero attached hydrogens (tertiary/aromatic N) is 1. The van der Waals surface area contributed by atoms with Crippen molar-refractivity contribution in [3.63, 3.8) is 0 Å². The highest BCUT2D eigenvalue weighted by Crippen LogP contribution is 2.30. The van der Waals surface area contributed by atoms with Crippen molar-refractivity contribution in [3.05, 3.63) is 76.6 Å². The van der Waals surface area contributed by atoms with Crippen LogP contribution in [0.25, 0.3) is 17.0 Å². The molecule has 0 aliphatic carbocycles. The quantitative estimate of drug-likeness (QED) is 0.552. The number of rotatable bonds is 3. The van der Waals surface area contributed by atoms with Gasteiger partial charge in [0.15, 0.2) is 0 Å². The molecule has 1 aliphatic rings. The molecule has 0 saturated carbocycles. The number of para-hydroxylation sites is 1. The Balaban J connectivity index is 1.76. The molecule has 25 heavy (non-hydrogen) atoms. The topological polar surface area (TPSA) is 34.0 Å². The number of hydrogen-bond donors (Lipinski definition) is 1. The van der Waals surface area contributed by atoms with Crippen molar-refractivity contribution in [1.29, 1.82) is 0 Å². The number of hydrogen-bond acceptors (Lipinski definition) is 3. The monoisotopic (exact) mass is 368 g/mol. The van der Waals surface area contributed by atoms with E-state index in [1.54, 1.807) is 12.1 Å². The van der Waals surface area contributed by atoms with Crippen LogP contribution in [0.5, 0.6) is 0 Å². The SMILES string of the molecule is O=C1NC(=S)S/C1=C/c1cn(Cc2ccc(F)cc2)c2ccccc12. The van der Waals surface area contributed by atoms with Crippen molar-refractivity contribution in [1.82, 2.24) is 9.88 Å². The Morgan fingerprint density at radius 3 is 2.64 bits per heavy atom. The van der Waals surface area contributed by atoms with Crippen LogP contribution in [0.1, 0.15) is 11.1 Å². The molecule has 1 amide bonds. The van der Waals surface area contributed by atoms with Gasteiger partial charge in [0.25, 0.3) is 5.91 Å². The second kappa shape index (κ2) is 6.46. The van der Waals surface area contributed by atoms with Gasteiger partial charge in [-0.2, -0.15) is 0 Å². The number of aromatic nitrogens is 1. The van der Waals surface area contributed by atoms with Gasteiger partial charge in [0.05, 0.1) is 4.91 Å². The molecule has 1 saturated heterocycles. The molecule has 0 bridgehead atoms. The fourth-order valence-corrected chi connectivity index (χ4v) is 3.90. The molecule has 0 unspecified atom stereocenters. The Morgan fingerprint density at radius 1 is 1.16 bits per heavy atom. The summed E-state index contributed by atoms with van der Waals surface area (Å²) in [5.41, 5.74) is 3.03. The van der Waals surface area contributed by atoms with Crippen LogP contribution in [-0.4, -0.2) is 14.8 Å². The first-order chi connectivity index (χ1) is 12.1. The van der Waals surface area contributed by atoms with E-state index in [1.165, 1.54) is 23.9 Å². The first-order valence-electron chi connectivity index (χ1n) is 7.67. The lowest BCUT2D eigenvalue weighted by Gasteiger charge is -2.05. The van der Waals surface area contributed by atoms with Crippen LogP contribution in [0, 0.1) is 5.82 Å². The van der Waals surface area contributed by atoms with Crippen molar-refractivity contribution >= 4 is 51.2 Å². The predicted molar refractivity (Wildman–Crippen MR) is 104 cm³/mol. The van der Waals surface area contributed by atoms with E-state index in [4.69, 9.17) is 12.2 Å². The second-order valence-electron chi connectivity index (χ2n) is 5.71. The molecule has 2 heterocycles. The van der Waals surface area contributed by atoms with Gasteiger partial charge in [-0.25, -0.2) is 4.39 Å². The fourth-order valence-electron chi connectivity index (χ4n) is 2.87. The predicted octanol–water partition coefficient (Wildman–Crippen LogP) is 4.32. The molecule has 1 fully saturated rings. The van der Waals surface area contributed by atoms with E-state index in [2.05, 4.69) is 9.88 Å². The van der Waals surface area contributed by atoms with Gasteiger partial charge >= 0.3 is 0 Å². The van der Waals surface area contributed by atoms with Gasteiger partial charge in [-0.3, -0.25) is 4.79 Å². The van der Waals surface area contributed by atoms with E-state index in [9.17, 15) is 9.18 Å². The molecule has 124 valence electrons. The molecule has 0 spiro atoms. The molecule has 3 aromatic rings. The van der Waals surface area contributed by atoms with Crippen LogP contribution in [-0.2, 0) is 11.3 Å². The molecule has 0 radical (unpaired) electrons. The number of fused-ring (bicyclic) bond motifs is 1. The summed E-state index contributed by atoms with van der Waals surface area (Å²) in [7, 11) is 0. The zero-order valence-electron chi connectivity index (χ0n) is 13.0. The lowest BCUT2D eigenvalue weighted by molar-refractivity contribution is -0.115.